The zero-order valence-electron chi connectivity index (χ0n) is 11.4. The van der Waals surface area contributed by atoms with Crippen LogP contribution in [-0.4, -0.2) is 37.1 Å². The molecular formula is C15H21NO2. The summed E-state index contributed by atoms with van der Waals surface area (Å²) in [7, 11) is 1.69. The number of ether oxygens (including phenoxy) is 1. The lowest BCUT2D eigenvalue weighted by Gasteiger charge is -2.25. The summed E-state index contributed by atoms with van der Waals surface area (Å²) in [5, 5.41) is 0. The SMILES string of the molecule is COC[C@@H]1CCCN1C(=O)c1cc(C)ccc1C. The van der Waals surface area contributed by atoms with Crippen LogP contribution in [0, 0.1) is 13.8 Å². The summed E-state index contributed by atoms with van der Waals surface area (Å²) >= 11 is 0. The molecule has 1 amide bonds. The molecule has 3 nitrogen and oxygen atoms in total. The first-order valence-corrected chi connectivity index (χ1v) is 6.50. The second-order valence-electron chi connectivity index (χ2n) is 5.07. The predicted molar refractivity (Wildman–Crippen MR) is 71.9 cm³/mol. The number of carbonyl (C=O) groups is 1. The van der Waals surface area contributed by atoms with Crippen LogP contribution in [0.15, 0.2) is 18.2 Å². The molecule has 0 radical (unpaired) electrons. The quantitative estimate of drug-likeness (QED) is 0.821. The maximum absolute atomic E-state index is 12.6. The zero-order chi connectivity index (χ0) is 13.1. The molecule has 0 aromatic heterocycles. The molecule has 1 aliphatic rings. The Morgan fingerprint density at radius 2 is 2.22 bits per heavy atom. The van der Waals surface area contributed by atoms with Gasteiger partial charge in [-0.2, -0.15) is 0 Å². The average Bonchev–Trinajstić information content (AvgIpc) is 2.80. The van der Waals surface area contributed by atoms with Gasteiger partial charge in [-0.25, -0.2) is 0 Å². The van der Waals surface area contributed by atoms with Crippen molar-refractivity contribution in [3.05, 3.63) is 34.9 Å². The van der Waals surface area contributed by atoms with Crippen LogP contribution in [0.3, 0.4) is 0 Å². The number of hydrogen-bond acceptors (Lipinski definition) is 2. The Labute approximate surface area is 109 Å². The predicted octanol–water partition coefficient (Wildman–Crippen LogP) is 2.55. The minimum absolute atomic E-state index is 0.149. The van der Waals surface area contributed by atoms with Crippen molar-refractivity contribution < 1.29 is 9.53 Å². The van der Waals surface area contributed by atoms with E-state index in [0.29, 0.717) is 6.61 Å². The van der Waals surface area contributed by atoms with Gasteiger partial charge in [0.2, 0.25) is 0 Å². The smallest absolute Gasteiger partial charge is 0.254 e. The fraction of sp³-hybridized carbons (Fsp3) is 0.533. The number of likely N-dealkylation sites (tertiary alicyclic amines) is 1. The van der Waals surface area contributed by atoms with Gasteiger partial charge in [0.15, 0.2) is 0 Å². The van der Waals surface area contributed by atoms with Crippen LogP contribution >= 0.6 is 0 Å². The van der Waals surface area contributed by atoms with E-state index in [2.05, 4.69) is 0 Å². The van der Waals surface area contributed by atoms with Crippen LogP contribution < -0.4 is 0 Å². The lowest BCUT2D eigenvalue weighted by atomic mass is 10.0. The van der Waals surface area contributed by atoms with Gasteiger partial charge in [-0.3, -0.25) is 4.79 Å². The molecule has 1 fully saturated rings. The van der Waals surface area contributed by atoms with E-state index < -0.39 is 0 Å². The van der Waals surface area contributed by atoms with Crippen molar-refractivity contribution in [3.63, 3.8) is 0 Å². The number of carbonyl (C=O) groups excluding carboxylic acids is 1. The van der Waals surface area contributed by atoms with Crippen molar-refractivity contribution in [2.24, 2.45) is 0 Å². The summed E-state index contributed by atoms with van der Waals surface area (Å²) in [6, 6.07) is 6.29. The Morgan fingerprint density at radius 1 is 1.44 bits per heavy atom. The molecule has 98 valence electrons. The molecule has 1 aliphatic heterocycles. The first-order valence-electron chi connectivity index (χ1n) is 6.50. The van der Waals surface area contributed by atoms with Gasteiger partial charge in [0.05, 0.1) is 12.6 Å². The van der Waals surface area contributed by atoms with Crippen LogP contribution in [0.25, 0.3) is 0 Å². The molecule has 1 atom stereocenters. The summed E-state index contributed by atoms with van der Waals surface area (Å²) < 4.78 is 5.20. The molecular weight excluding hydrogens is 226 g/mol. The minimum atomic E-state index is 0.149. The number of nitrogens with zero attached hydrogens (tertiary/aromatic N) is 1. The lowest BCUT2D eigenvalue weighted by Crippen LogP contribution is -2.38. The topological polar surface area (TPSA) is 29.5 Å². The summed E-state index contributed by atoms with van der Waals surface area (Å²) in [4.78, 5) is 14.5. The van der Waals surface area contributed by atoms with Gasteiger partial charge in [-0.15, -0.1) is 0 Å². The fourth-order valence-electron chi connectivity index (χ4n) is 2.59. The van der Waals surface area contributed by atoms with Crippen molar-refractivity contribution in [2.75, 3.05) is 20.3 Å². The number of rotatable bonds is 3. The van der Waals surface area contributed by atoms with Gasteiger partial charge in [0, 0.05) is 19.2 Å². The van der Waals surface area contributed by atoms with Gasteiger partial charge in [-0.1, -0.05) is 17.7 Å². The van der Waals surface area contributed by atoms with Crippen LogP contribution in [0.5, 0.6) is 0 Å². The number of hydrogen-bond donors (Lipinski definition) is 0. The highest BCUT2D eigenvalue weighted by molar-refractivity contribution is 5.96. The van der Waals surface area contributed by atoms with Gasteiger partial charge in [-0.05, 0) is 38.3 Å². The molecule has 18 heavy (non-hydrogen) atoms. The third-order valence-electron chi connectivity index (χ3n) is 3.62. The number of methoxy groups -OCH3 is 1. The molecule has 0 unspecified atom stereocenters. The zero-order valence-corrected chi connectivity index (χ0v) is 11.4. The van der Waals surface area contributed by atoms with Crippen LogP contribution in [0.4, 0.5) is 0 Å². The summed E-state index contributed by atoms with van der Waals surface area (Å²) in [6.45, 7) is 5.50. The first-order chi connectivity index (χ1) is 8.63. The third kappa shape index (κ3) is 2.56. The Bertz CT molecular complexity index is 442. The standard InChI is InChI=1S/C15H21NO2/c1-11-6-7-12(2)14(9-11)15(17)16-8-4-5-13(16)10-18-3/h6-7,9,13H,4-5,8,10H2,1-3H3/t13-/m0/s1. The maximum Gasteiger partial charge on any atom is 0.254 e. The molecule has 0 bridgehead atoms. The summed E-state index contributed by atoms with van der Waals surface area (Å²) in [5.41, 5.74) is 3.01. The van der Waals surface area contributed by atoms with Crippen molar-refractivity contribution in [1.29, 1.82) is 0 Å². The second-order valence-corrected chi connectivity index (χ2v) is 5.07. The molecule has 0 aliphatic carbocycles. The normalized spacial score (nSPS) is 19.3. The van der Waals surface area contributed by atoms with E-state index in [9.17, 15) is 4.79 Å². The van der Waals surface area contributed by atoms with E-state index in [1.807, 2.05) is 36.9 Å². The van der Waals surface area contributed by atoms with Gasteiger partial charge in [0.1, 0.15) is 0 Å². The molecule has 1 aromatic carbocycles. The Balaban J connectivity index is 2.22. The summed E-state index contributed by atoms with van der Waals surface area (Å²) in [6.07, 6.45) is 2.12. The molecule has 1 saturated heterocycles. The van der Waals surface area contributed by atoms with Gasteiger partial charge in [0.25, 0.3) is 5.91 Å². The van der Waals surface area contributed by atoms with Crippen molar-refractivity contribution >= 4 is 5.91 Å². The molecule has 3 heteroatoms. The Morgan fingerprint density at radius 3 is 2.94 bits per heavy atom. The van der Waals surface area contributed by atoms with E-state index >= 15 is 0 Å². The molecule has 0 saturated carbocycles. The Hall–Kier alpha value is -1.35. The largest absolute Gasteiger partial charge is 0.383 e. The lowest BCUT2D eigenvalue weighted by molar-refractivity contribution is 0.0630. The molecule has 1 heterocycles. The Kier molecular flexibility index (Phi) is 4.02. The van der Waals surface area contributed by atoms with Crippen molar-refractivity contribution in [3.8, 4) is 0 Å². The molecule has 0 spiro atoms. The van der Waals surface area contributed by atoms with Gasteiger partial charge >= 0.3 is 0 Å². The first kappa shape index (κ1) is 13.1. The molecule has 2 rings (SSSR count). The monoisotopic (exact) mass is 247 g/mol. The average molecular weight is 247 g/mol. The van der Waals surface area contributed by atoms with E-state index in [0.717, 1.165) is 36.1 Å². The van der Waals surface area contributed by atoms with Crippen LogP contribution in [0.1, 0.15) is 34.3 Å². The fourth-order valence-corrected chi connectivity index (χ4v) is 2.59. The van der Waals surface area contributed by atoms with Crippen LogP contribution in [-0.2, 0) is 4.74 Å². The second kappa shape index (κ2) is 5.53. The highest BCUT2D eigenvalue weighted by Gasteiger charge is 2.29. The van der Waals surface area contributed by atoms with E-state index in [4.69, 9.17) is 4.74 Å². The van der Waals surface area contributed by atoms with Crippen molar-refractivity contribution in [1.82, 2.24) is 4.90 Å². The molecule has 1 aromatic rings. The van der Waals surface area contributed by atoms with E-state index in [-0.39, 0.29) is 11.9 Å². The number of amides is 1. The number of aryl methyl sites for hydroxylation is 2. The maximum atomic E-state index is 12.6. The van der Waals surface area contributed by atoms with Gasteiger partial charge < -0.3 is 9.64 Å². The molecule has 0 N–H and O–H groups in total. The minimum Gasteiger partial charge on any atom is -0.383 e. The number of benzene rings is 1. The highest BCUT2D eigenvalue weighted by Crippen LogP contribution is 2.22. The van der Waals surface area contributed by atoms with E-state index in [1.54, 1.807) is 7.11 Å². The summed E-state index contributed by atoms with van der Waals surface area (Å²) in [5.74, 6) is 0.149. The third-order valence-corrected chi connectivity index (χ3v) is 3.62. The van der Waals surface area contributed by atoms with E-state index in [1.165, 1.54) is 0 Å². The highest BCUT2D eigenvalue weighted by atomic mass is 16.5. The van der Waals surface area contributed by atoms with Crippen molar-refractivity contribution in [2.45, 2.75) is 32.7 Å². The van der Waals surface area contributed by atoms with Crippen LogP contribution in [0.2, 0.25) is 0 Å².